The van der Waals surface area contributed by atoms with E-state index in [1.54, 1.807) is 12.4 Å². The van der Waals surface area contributed by atoms with Crippen LogP contribution in [0.25, 0.3) is 11.3 Å². The summed E-state index contributed by atoms with van der Waals surface area (Å²) in [4.78, 5) is 8.59. The van der Waals surface area contributed by atoms with Gasteiger partial charge in [-0.05, 0) is 33.6 Å². The quantitative estimate of drug-likeness (QED) is 0.702. The van der Waals surface area contributed by atoms with Crippen molar-refractivity contribution in [1.82, 2.24) is 9.97 Å². The minimum atomic E-state index is 0.527. The number of rotatable bonds is 4. The average Bonchev–Trinajstić information content (AvgIpc) is 2.54. The van der Waals surface area contributed by atoms with Gasteiger partial charge in [-0.25, -0.2) is 4.98 Å². The zero-order valence-electron chi connectivity index (χ0n) is 11.2. The Morgan fingerprint density at radius 3 is 2.48 bits per heavy atom. The molecule has 0 aliphatic rings. The smallest absolute Gasteiger partial charge is 0.129 e. The number of nitrogens with zero attached hydrogens (tertiary/aromatic N) is 2. The van der Waals surface area contributed by atoms with E-state index in [1.165, 1.54) is 0 Å². The highest BCUT2D eigenvalue weighted by atomic mass is 79.9. The third-order valence-electron chi connectivity index (χ3n) is 3.01. The monoisotopic (exact) mass is 340 g/mol. The van der Waals surface area contributed by atoms with Crippen LogP contribution in [0.2, 0.25) is 0 Å². The summed E-state index contributed by atoms with van der Waals surface area (Å²) in [5, 5.41) is 0. The van der Waals surface area contributed by atoms with Crippen LogP contribution in [0.15, 0.2) is 71.6 Å². The van der Waals surface area contributed by atoms with E-state index in [9.17, 15) is 0 Å². The molecule has 0 spiro atoms. The summed E-state index contributed by atoms with van der Waals surface area (Å²) in [5.41, 5.74) is 2.85. The lowest BCUT2D eigenvalue weighted by Gasteiger charge is -2.11. The molecule has 0 bridgehead atoms. The van der Waals surface area contributed by atoms with Crippen molar-refractivity contribution in [1.29, 1.82) is 0 Å². The number of para-hydroxylation sites is 1. The SMILES string of the molecule is Brc1cncc(-c2ccccc2OCc2ccccc2)n1. The second-order valence-corrected chi connectivity index (χ2v) is 5.31. The first-order valence-corrected chi connectivity index (χ1v) is 7.36. The van der Waals surface area contributed by atoms with Gasteiger partial charge in [0.2, 0.25) is 0 Å². The molecular weight excluding hydrogens is 328 g/mol. The van der Waals surface area contributed by atoms with Crippen molar-refractivity contribution in [2.24, 2.45) is 0 Å². The molecule has 2 aromatic carbocycles. The molecule has 0 aliphatic carbocycles. The second-order valence-electron chi connectivity index (χ2n) is 4.50. The van der Waals surface area contributed by atoms with Crippen molar-refractivity contribution in [2.45, 2.75) is 6.61 Å². The van der Waals surface area contributed by atoms with Gasteiger partial charge in [0.25, 0.3) is 0 Å². The van der Waals surface area contributed by atoms with Gasteiger partial charge < -0.3 is 4.74 Å². The maximum atomic E-state index is 5.93. The molecule has 0 fully saturated rings. The lowest BCUT2D eigenvalue weighted by atomic mass is 10.1. The lowest BCUT2D eigenvalue weighted by molar-refractivity contribution is 0.307. The van der Waals surface area contributed by atoms with E-state index < -0.39 is 0 Å². The Hall–Kier alpha value is -2.20. The fourth-order valence-electron chi connectivity index (χ4n) is 2.01. The molecule has 1 heterocycles. The van der Waals surface area contributed by atoms with Crippen molar-refractivity contribution in [3.8, 4) is 17.0 Å². The zero-order chi connectivity index (χ0) is 14.5. The van der Waals surface area contributed by atoms with Gasteiger partial charge in [0, 0.05) is 5.56 Å². The minimum Gasteiger partial charge on any atom is -0.488 e. The number of benzene rings is 2. The van der Waals surface area contributed by atoms with Gasteiger partial charge in [0.15, 0.2) is 0 Å². The Morgan fingerprint density at radius 1 is 0.905 bits per heavy atom. The summed E-state index contributed by atoms with van der Waals surface area (Å²) < 4.78 is 6.64. The topological polar surface area (TPSA) is 35.0 Å². The summed E-state index contributed by atoms with van der Waals surface area (Å²) in [7, 11) is 0. The van der Waals surface area contributed by atoms with E-state index in [4.69, 9.17) is 4.74 Å². The van der Waals surface area contributed by atoms with Crippen LogP contribution >= 0.6 is 15.9 Å². The molecule has 0 saturated heterocycles. The Labute approximate surface area is 131 Å². The van der Waals surface area contributed by atoms with Crippen molar-refractivity contribution in [2.75, 3.05) is 0 Å². The molecule has 4 heteroatoms. The fraction of sp³-hybridized carbons (Fsp3) is 0.0588. The average molecular weight is 341 g/mol. The summed E-state index contributed by atoms with van der Waals surface area (Å²) in [6.07, 6.45) is 3.40. The summed E-state index contributed by atoms with van der Waals surface area (Å²) in [6, 6.07) is 17.9. The lowest BCUT2D eigenvalue weighted by Crippen LogP contribution is -1.97. The largest absolute Gasteiger partial charge is 0.488 e. The number of halogens is 1. The van der Waals surface area contributed by atoms with Gasteiger partial charge in [-0.3, -0.25) is 4.98 Å². The van der Waals surface area contributed by atoms with Crippen LogP contribution in [0, 0.1) is 0 Å². The molecule has 0 atom stereocenters. The highest BCUT2D eigenvalue weighted by Crippen LogP contribution is 2.29. The van der Waals surface area contributed by atoms with Crippen molar-refractivity contribution in [3.05, 3.63) is 77.2 Å². The molecule has 0 saturated carbocycles. The maximum absolute atomic E-state index is 5.93. The van der Waals surface area contributed by atoms with E-state index in [2.05, 4.69) is 25.9 Å². The van der Waals surface area contributed by atoms with E-state index >= 15 is 0 Å². The first-order chi connectivity index (χ1) is 10.3. The van der Waals surface area contributed by atoms with Crippen molar-refractivity contribution < 1.29 is 4.74 Å². The summed E-state index contributed by atoms with van der Waals surface area (Å²) in [5.74, 6) is 0.800. The Morgan fingerprint density at radius 2 is 1.67 bits per heavy atom. The molecular formula is C17H13BrN2O. The van der Waals surface area contributed by atoms with Gasteiger partial charge in [0.05, 0.1) is 18.1 Å². The van der Waals surface area contributed by atoms with Crippen LogP contribution in [0.4, 0.5) is 0 Å². The number of ether oxygens (including phenoxy) is 1. The molecule has 0 aliphatic heterocycles. The van der Waals surface area contributed by atoms with Crippen LogP contribution < -0.4 is 4.74 Å². The third kappa shape index (κ3) is 3.47. The molecule has 0 radical (unpaired) electrons. The second kappa shape index (κ2) is 6.50. The Balaban J connectivity index is 1.86. The van der Waals surface area contributed by atoms with Crippen molar-refractivity contribution in [3.63, 3.8) is 0 Å². The molecule has 1 aromatic heterocycles. The van der Waals surface area contributed by atoms with Crippen LogP contribution in [0.1, 0.15) is 5.56 Å². The van der Waals surface area contributed by atoms with Crippen LogP contribution in [-0.4, -0.2) is 9.97 Å². The van der Waals surface area contributed by atoms with E-state index in [0.29, 0.717) is 11.2 Å². The van der Waals surface area contributed by atoms with Gasteiger partial charge in [-0.2, -0.15) is 0 Å². The molecule has 3 aromatic rings. The predicted octanol–water partition coefficient (Wildman–Crippen LogP) is 4.49. The van der Waals surface area contributed by atoms with E-state index in [1.807, 2.05) is 54.6 Å². The van der Waals surface area contributed by atoms with Crippen molar-refractivity contribution >= 4 is 15.9 Å². The van der Waals surface area contributed by atoms with E-state index in [0.717, 1.165) is 22.6 Å². The Kier molecular flexibility index (Phi) is 4.26. The maximum Gasteiger partial charge on any atom is 0.129 e. The molecule has 104 valence electrons. The third-order valence-corrected chi connectivity index (χ3v) is 3.39. The fourth-order valence-corrected chi connectivity index (χ4v) is 2.32. The summed E-state index contributed by atoms with van der Waals surface area (Å²) in [6.45, 7) is 0.527. The van der Waals surface area contributed by atoms with Gasteiger partial charge >= 0.3 is 0 Å². The number of aromatic nitrogens is 2. The molecule has 0 unspecified atom stereocenters. The highest BCUT2D eigenvalue weighted by molar-refractivity contribution is 9.10. The number of hydrogen-bond acceptors (Lipinski definition) is 3. The summed E-state index contributed by atoms with van der Waals surface area (Å²) >= 11 is 3.35. The van der Waals surface area contributed by atoms with Crippen LogP contribution in [0.3, 0.4) is 0 Å². The first kappa shape index (κ1) is 13.8. The van der Waals surface area contributed by atoms with E-state index in [-0.39, 0.29) is 0 Å². The highest BCUT2D eigenvalue weighted by Gasteiger charge is 2.08. The number of hydrogen-bond donors (Lipinski definition) is 0. The van der Waals surface area contributed by atoms with Gasteiger partial charge in [-0.15, -0.1) is 0 Å². The predicted molar refractivity (Wildman–Crippen MR) is 85.9 cm³/mol. The molecule has 21 heavy (non-hydrogen) atoms. The molecule has 3 nitrogen and oxygen atoms in total. The zero-order valence-corrected chi connectivity index (χ0v) is 12.8. The van der Waals surface area contributed by atoms with Crippen LogP contribution in [-0.2, 0) is 6.61 Å². The van der Waals surface area contributed by atoms with Gasteiger partial charge in [0.1, 0.15) is 17.0 Å². The molecule has 0 amide bonds. The molecule has 3 rings (SSSR count). The molecule has 0 N–H and O–H groups in total. The van der Waals surface area contributed by atoms with Gasteiger partial charge in [-0.1, -0.05) is 42.5 Å². The standard InChI is InChI=1S/C17H13BrN2O/c18-17-11-19-10-15(20-17)14-8-4-5-9-16(14)21-12-13-6-2-1-3-7-13/h1-11H,12H2. The first-order valence-electron chi connectivity index (χ1n) is 6.56. The minimum absolute atomic E-state index is 0.527. The normalized spacial score (nSPS) is 10.3. The van der Waals surface area contributed by atoms with Crippen LogP contribution in [0.5, 0.6) is 5.75 Å². The Bertz CT molecular complexity index is 732.